The van der Waals surface area contributed by atoms with Gasteiger partial charge in [-0.25, -0.2) is 4.98 Å². The van der Waals surface area contributed by atoms with E-state index in [0.717, 1.165) is 6.07 Å². The first-order valence-electron chi connectivity index (χ1n) is 10.3. The van der Waals surface area contributed by atoms with Crippen LogP contribution in [0.15, 0.2) is 96.1 Å². The molecular weight excluding hydrogens is 447 g/mol. The highest BCUT2D eigenvalue weighted by atomic mass is 32.2. The fraction of sp³-hybridized carbons (Fsp3) is 0.200. The zero-order valence-corrected chi connectivity index (χ0v) is 19.0. The summed E-state index contributed by atoms with van der Waals surface area (Å²) in [6, 6.07) is 1.03. The van der Waals surface area contributed by atoms with Gasteiger partial charge in [0.25, 0.3) is 0 Å². The zero-order valence-electron chi connectivity index (χ0n) is 18.2. The van der Waals surface area contributed by atoms with Crippen LogP contribution in [0.25, 0.3) is 0 Å². The van der Waals surface area contributed by atoms with Crippen LogP contribution in [0.4, 0.5) is 19.0 Å². The summed E-state index contributed by atoms with van der Waals surface area (Å²) < 4.78 is 42.2. The summed E-state index contributed by atoms with van der Waals surface area (Å²) in [4.78, 5) is 19.0. The first-order valence-corrected chi connectivity index (χ1v) is 11.3. The highest BCUT2D eigenvalue weighted by Gasteiger charge is 2.39. The van der Waals surface area contributed by atoms with Gasteiger partial charge >= 0.3 is 6.18 Å². The molecule has 8 heteroatoms. The van der Waals surface area contributed by atoms with Crippen LogP contribution >= 0.6 is 11.8 Å². The smallest absolute Gasteiger partial charge is 0.341 e. The van der Waals surface area contributed by atoms with Gasteiger partial charge in [-0.1, -0.05) is 50.5 Å². The summed E-state index contributed by atoms with van der Waals surface area (Å²) in [6.45, 7) is 9.27. The van der Waals surface area contributed by atoms with Crippen molar-refractivity contribution in [2.24, 2.45) is 0 Å². The number of allylic oxidation sites excluding steroid dienone is 9. The Morgan fingerprint density at radius 2 is 2.09 bits per heavy atom. The van der Waals surface area contributed by atoms with Gasteiger partial charge in [0.05, 0.1) is 10.6 Å². The van der Waals surface area contributed by atoms with E-state index in [-0.39, 0.29) is 16.4 Å². The molecule has 1 aliphatic heterocycles. The minimum Gasteiger partial charge on any atom is -0.341 e. The Labute approximate surface area is 195 Å². The molecule has 1 N–H and O–H groups in total. The number of hydrogen-bond donors (Lipinski definition) is 1. The maximum absolute atomic E-state index is 14.1. The highest BCUT2D eigenvalue weighted by Crippen LogP contribution is 2.41. The number of ketones is 1. The van der Waals surface area contributed by atoms with Crippen LogP contribution in [-0.2, 0) is 17.4 Å². The average molecular weight is 472 g/mol. The van der Waals surface area contributed by atoms with Crippen molar-refractivity contribution in [3.63, 3.8) is 0 Å². The number of nitrogens with one attached hydrogen (secondary N) is 1. The van der Waals surface area contributed by atoms with Crippen molar-refractivity contribution < 1.29 is 18.0 Å². The molecule has 0 saturated carbocycles. The number of fused-ring (bicyclic) bond motifs is 1. The molecule has 0 fully saturated rings. The number of alkyl halides is 3. The molecule has 4 nitrogen and oxygen atoms in total. The molecular formula is C25H24F3N3OS. The summed E-state index contributed by atoms with van der Waals surface area (Å²) in [5, 5.41) is 3.36. The van der Waals surface area contributed by atoms with Crippen molar-refractivity contribution in [3.8, 4) is 0 Å². The Morgan fingerprint density at radius 1 is 1.30 bits per heavy atom. The van der Waals surface area contributed by atoms with Crippen LogP contribution in [0, 0.1) is 0 Å². The summed E-state index contributed by atoms with van der Waals surface area (Å²) in [5.74, 6) is 0.467. The predicted molar refractivity (Wildman–Crippen MR) is 128 cm³/mol. The second-order valence-electron chi connectivity index (χ2n) is 7.11. The Bertz CT molecular complexity index is 1110. The molecule has 3 rings (SSSR count). The number of halogens is 3. The lowest BCUT2D eigenvalue weighted by Gasteiger charge is -2.30. The van der Waals surface area contributed by atoms with Gasteiger partial charge in [-0.3, -0.25) is 9.69 Å². The van der Waals surface area contributed by atoms with Gasteiger partial charge in [0.15, 0.2) is 5.78 Å². The highest BCUT2D eigenvalue weighted by molar-refractivity contribution is 7.99. The summed E-state index contributed by atoms with van der Waals surface area (Å²) in [5.41, 5.74) is 0.207. The van der Waals surface area contributed by atoms with Crippen LogP contribution in [0.3, 0.4) is 0 Å². The molecule has 0 unspecified atom stereocenters. The van der Waals surface area contributed by atoms with Crippen LogP contribution in [0.1, 0.15) is 24.5 Å². The van der Waals surface area contributed by atoms with E-state index in [2.05, 4.69) is 23.5 Å². The van der Waals surface area contributed by atoms with Crippen LogP contribution in [0.5, 0.6) is 0 Å². The van der Waals surface area contributed by atoms with E-state index in [4.69, 9.17) is 0 Å². The summed E-state index contributed by atoms with van der Waals surface area (Å²) in [7, 11) is 0. The molecule has 33 heavy (non-hydrogen) atoms. The maximum atomic E-state index is 14.1. The lowest BCUT2D eigenvalue weighted by atomic mass is 10.0. The number of carbonyl (C=O) groups excluding carboxylic acids is 1. The molecule has 0 atom stereocenters. The molecule has 1 aliphatic carbocycles. The number of aromatic nitrogens is 1. The van der Waals surface area contributed by atoms with Gasteiger partial charge in [0.1, 0.15) is 11.6 Å². The Kier molecular flexibility index (Phi) is 7.81. The van der Waals surface area contributed by atoms with Gasteiger partial charge in [0.2, 0.25) is 0 Å². The van der Waals surface area contributed by atoms with Gasteiger partial charge in [-0.2, -0.15) is 13.2 Å². The zero-order chi connectivity index (χ0) is 24.0. The molecule has 0 radical (unpaired) electrons. The number of anilines is 1. The average Bonchev–Trinajstić information content (AvgIpc) is 3.09. The van der Waals surface area contributed by atoms with Crippen molar-refractivity contribution in [1.29, 1.82) is 0 Å². The lowest BCUT2D eigenvalue weighted by molar-refractivity contribution is -0.138. The first kappa shape index (κ1) is 24.4. The van der Waals surface area contributed by atoms with E-state index < -0.39 is 23.9 Å². The van der Waals surface area contributed by atoms with E-state index in [1.165, 1.54) is 23.9 Å². The van der Waals surface area contributed by atoms with Gasteiger partial charge in [-0.15, -0.1) is 11.8 Å². The largest absolute Gasteiger partial charge is 0.416 e. The van der Waals surface area contributed by atoms with Crippen LogP contribution in [0.2, 0.25) is 0 Å². The number of rotatable bonds is 7. The third kappa shape index (κ3) is 5.76. The quantitative estimate of drug-likeness (QED) is 0.377. The monoisotopic (exact) mass is 471 g/mol. The fourth-order valence-corrected chi connectivity index (χ4v) is 4.12. The molecule has 0 spiro atoms. The molecule has 1 aromatic heterocycles. The molecule has 0 saturated heterocycles. The maximum Gasteiger partial charge on any atom is 0.416 e. The lowest BCUT2D eigenvalue weighted by Crippen LogP contribution is -2.32. The topological polar surface area (TPSA) is 45.2 Å². The summed E-state index contributed by atoms with van der Waals surface area (Å²) in [6.07, 6.45) is 10.6. The number of carbonyl (C=O) groups is 1. The van der Waals surface area contributed by atoms with Crippen molar-refractivity contribution in [2.45, 2.75) is 31.0 Å². The Morgan fingerprint density at radius 3 is 2.76 bits per heavy atom. The van der Waals surface area contributed by atoms with Gasteiger partial charge in [0, 0.05) is 35.9 Å². The third-order valence-corrected chi connectivity index (χ3v) is 5.62. The van der Waals surface area contributed by atoms with Crippen molar-refractivity contribution >= 4 is 23.4 Å². The molecule has 2 heterocycles. The van der Waals surface area contributed by atoms with E-state index >= 15 is 0 Å². The van der Waals surface area contributed by atoms with Crippen molar-refractivity contribution in [1.82, 2.24) is 10.3 Å². The minimum absolute atomic E-state index is 0.0855. The van der Waals surface area contributed by atoms with E-state index in [1.54, 1.807) is 29.2 Å². The number of hydrogen-bond acceptors (Lipinski definition) is 5. The molecule has 1 aromatic rings. The molecule has 0 amide bonds. The second kappa shape index (κ2) is 10.6. The molecule has 0 bridgehead atoms. The van der Waals surface area contributed by atoms with E-state index in [9.17, 15) is 18.0 Å². The second-order valence-corrected chi connectivity index (χ2v) is 8.40. The van der Waals surface area contributed by atoms with Crippen molar-refractivity contribution in [3.05, 3.63) is 102 Å². The Hall–Kier alpha value is -3.26. The minimum atomic E-state index is -4.63. The number of thioether (sulfide) groups is 1. The predicted octanol–water partition coefficient (Wildman–Crippen LogP) is 6.23. The normalized spacial score (nSPS) is 16.4. The first-order chi connectivity index (χ1) is 15.8. The third-order valence-electron chi connectivity index (χ3n) is 4.83. The Balaban J connectivity index is 2.31. The fourth-order valence-electron chi connectivity index (χ4n) is 3.48. The molecule has 172 valence electrons. The molecule has 2 aliphatic rings. The van der Waals surface area contributed by atoms with Gasteiger partial charge in [-0.05, 0) is 30.0 Å². The van der Waals surface area contributed by atoms with Crippen molar-refractivity contribution in [2.75, 3.05) is 10.7 Å². The standard InChI is InChI=1S/C25H24F3N3OS/c1-4-11-17(5-2)29-22-15-19(32)14-20-21(25(26,27)28)16-23(33-6-3)30-24(20)31(22)18-12-9-7-8-10-13-18/h4-5,7-12,15-16,29H,1-2,6,13-14H2,3H3/b17-11+. The molecule has 0 aromatic carbocycles. The van der Waals surface area contributed by atoms with E-state index in [0.29, 0.717) is 29.4 Å². The SMILES string of the molecule is C=C/C=C(\C=C)NC1=CC(=O)Cc2c(C(F)(F)F)cc(SCC)nc2N1C1=CC=CC=CC1. The number of pyridine rings is 1. The van der Waals surface area contributed by atoms with Crippen LogP contribution in [-0.4, -0.2) is 16.5 Å². The van der Waals surface area contributed by atoms with Gasteiger partial charge < -0.3 is 5.32 Å². The van der Waals surface area contributed by atoms with Crippen LogP contribution < -0.4 is 10.2 Å². The summed E-state index contributed by atoms with van der Waals surface area (Å²) >= 11 is 1.22. The van der Waals surface area contributed by atoms with E-state index in [1.807, 2.05) is 25.2 Å². The number of nitrogens with zero attached hydrogens (tertiary/aromatic N) is 2.